The van der Waals surface area contributed by atoms with Gasteiger partial charge < -0.3 is 20.5 Å². The van der Waals surface area contributed by atoms with Crippen LogP contribution in [-0.4, -0.2) is 86.2 Å². The zero-order valence-corrected chi connectivity index (χ0v) is 27.8. The molecule has 4 atom stereocenters. The highest BCUT2D eigenvalue weighted by atomic mass is 32.2. The summed E-state index contributed by atoms with van der Waals surface area (Å²) < 4.78 is 63.9. The third-order valence-electron chi connectivity index (χ3n) is 9.39. The molecule has 2 heterocycles. The van der Waals surface area contributed by atoms with Crippen molar-refractivity contribution in [1.82, 2.24) is 14.5 Å². The van der Waals surface area contributed by atoms with Crippen LogP contribution >= 0.6 is 0 Å². The molecule has 0 bridgehead atoms. The van der Waals surface area contributed by atoms with Crippen molar-refractivity contribution in [2.24, 2.45) is 5.92 Å². The first-order valence-corrected chi connectivity index (χ1v) is 17.6. The third-order valence-corrected chi connectivity index (χ3v) is 11.5. The topological polar surface area (TPSA) is 128 Å². The fourth-order valence-electron chi connectivity index (χ4n) is 6.99. The number of carbonyl (C=O) groups excluding carboxylic acids is 1. The van der Waals surface area contributed by atoms with Gasteiger partial charge >= 0.3 is 6.09 Å². The summed E-state index contributed by atoms with van der Waals surface area (Å²) in [7, 11) is -2.53. The largest absolute Gasteiger partial charge is 0.465 e. The molecular formula is C35H42F2N4O6S. The van der Waals surface area contributed by atoms with Gasteiger partial charge in [-0.2, -0.15) is 4.31 Å². The van der Waals surface area contributed by atoms with Gasteiger partial charge in [-0.3, -0.25) is 9.69 Å². The number of carbonyl (C=O) groups is 2. The van der Waals surface area contributed by atoms with E-state index in [1.54, 1.807) is 48.5 Å². The zero-order chi connectivity index (χ0) is 34.4. The maximum Gasteiger partial charge on any atom is 0.407 e. The number of carboxylic acid groups (broad SMARTS) is 1. The van der Waals surface area contributed by atoms with Crippen molar-refractivity contribution in [3.8, 4) is 0 Å². The van der Waals surface area contributed by atoms with Crippen molar-refractivity contribution < 1.29 is 36.6 Å². The number of sulfonamides is 1. The first kappa shape index (κ1) is 35.4. The number of hydrogen-bond acceptors (Lipinski definition) is 6. The van der Waals surface area contributed by atoms with Gasteiger partial charge in [-0.25, -0.2) is 22.0 Å². The third kappa shape index (κ3) is 7.86. The fraction of sp³-hybridized carbons (Fsp3) is 0.429. The lowest BCUT2D eigenvalue weighted by atomic mass is 9.76. The van der Waals surface area contributed by atoms with Crippen LogP contribution in [0.4, 0.5) is 19.3 Å². The van der Waals surface area contributed by atoms with Gasteiger partial charge in [-0.1, -0.05) is 36.4 Å². The lowest BCUT2D eigenvalue weighted by Crippen LogP contribution is -2.58. The van der Waals surface area contributed by atoms with E-state index < -0.39 is 51.7 Å². The summed E-state index contributed by atoms with van der Waals surface area (Å²) >= 11 is 0. The molecule has 0 aliphatic carbocycles. The molecule has 0 radical (unpaired) electrons. The summed E-state index contributed by atoms with van der Waals surface area (Å²) in [4.78, 5) is 27.7. The Balaban J connectivity index is 1.43. The van der Waals surface area contributed by atoms with Crippen LogP contribution < -0.4 is 10.6 Å². The summed E-state index contributed by atoms with van der Waals surface area (Å²) in [6.45, 7) is 3.52. The van der Waals surface area contributed by atoms with Crippen molar-refractivity contribution in [2.45, 2.75) is 61.5 Å². The van der Waals surface area contributed by atoms with Gasteiger partial charge in [0.2, 0.25) is 15.9 Å². The van der Waals surface area contributed by atoms with Crippen LogP contribution in [0.3, 0.4) is 0 Å². The highest BCUT2D eigenvalue weighted by molar-refractivity contribution is 7.89. The Morgan fingerprint density at radius 3 is 2.38 bits per heavy atom. The summed E-state index contributed by atoms with van der Waals surface area (Å²) in [6.07, 6.45) is 0.170. The van der Waals surface area contributed by atoms with Crippen LogP contribution in [0, 0.1) is 17.6 Å². The number of amides is 2. The molecule has 10 nitrogen and oxygen atoms in total. The van der Waals surface area contributed by atoms with Gasteiger partial charge in [-0.05, 0) is 80.5 Å². The number of piperazine rings is 1. The molecule has 3 aromatic rings. The minimum absolute atomic E-state index is 0.100. The van der Waals surface area contributed by atoms with Crippen LogP contribution in [0.15, 0.2) is 77.7 Å². The SMILES string of the molecule is C[C@H]1CNC[C@H](CCc2c(F)cccc2NC(=O)[C@H]([C@@H](c2ccc(F)cc2)C2CCOCC2)N(C)C(=O)O)N1S(=O)(=O)c1ccccc1. The zero-order valence-electron chi connectivity index (χ0n) is 27.0. The number of likely N-dealkylation sites (N-methyl/N-ethyl adjacent to an activating group) is 1. The van der Waals surface area contributed by atoms with Gasteiger partial charge in [-0.15, -0.1) is 0 Å². The van der Waals surface area contributed by atoms with Crippen LogP contribution in [-0.2, 0) is 26.0 Å². The van der Waals surface area contributed by atoms with Crippen molar-refractivity contribution in [3.05, 3.63) is 95.6 Å². The molecule has 2 aliphatic heterocycles. The second kappa shape index (κ2) is 15.5. The Morgan fingerprint density at radius 2 is 1.71 bits per heavy atom. The van der Waals surface area contributed by atoms with Gasteiger partial charge in [0, 0.05) is 62.6 Å². The van der Waals surface area contributed by atoms with Crippen LogP contribution in [0.5, 0.6) is 0 Å². The molecule has 48 heavy (non-hydrogen) atoms. The van der Waals surface area contributed by atoms with Gasteiger partial charge in [0.15, 0.2) is 0 Å². The first-order chi connectivity index (χ1) is 23.0. The molecular weight excluding hydrogens is 642 g/mol. The Labute approximate surface area is 280 Å². The lowest BCUT2D eigenvalue weighted by Gasteiger charge is -2.40. The van der Waals surface area contributed by atoms with E-state index in [1.165, 1.54) is 35.6 Å². The Kier molecular flexibility index (Phi) is 11.5. The molecule has 3 N–H and O–H groups in total. The van der Waals surface area contributed by atoms with Crippen molar-refractivity contribution in [2.75, 3.05) is 38.7 Å². The molecule has 258 valence electrons. The smallest absolute Gasteiger partial charge is 0.407 e. The normalized spacial score (nSPS) is 20.5. The second-order valence-corrected chi connectivity index (χ2v) is 14.3. The van der Waals surface area contributed by atoms with Crippen molar-refractivity contribution >= 4 is 27.7 Å². The predicted octanol–water partition coefficient (Wildman–Crippen LogP) is 5.08. The van der Waals surface area contributed by atoms with Gasteiger partial charge in [0.25, 0.3) is 0 Å². The molecule has 0 aromatic heterocycles. The maximum atomic E-state index is 15.5. The highest BCUT2D eigenvalue weighted by Crippen LogP contribution is 2.38. The summed E-state index contributed by atoms with van der Waals surface area (Å²) in [5, 5.41) is 16.2. The van der Waals surface area contributed by atoms with E-state index in [2.05, 4.69) is 10.6 Å². The van der Waals surface area contributed by atoms with E-state index >= 15 is 4.39 Å². The molecule has 2 aliphatic rings. The quantitative estimate of drug-likeness (QED) is 0.257. The molecule has 13 heteroatoms. The lowest BCUT2D eigenvalue weighted by molar-refractivity contribution is -0.122. The number of benzene rings is 3. The summed E-state index contributed by atoms with van der Waals surface area (Å²) in [5.74, 6) is -2.48. The van der Waals surface area contributed by atoms with Gasteiger partial charge in [0.05, 0.1) is 4.90 Å². The number of rotatable bonds is 11. The van der Waals surface area contributed by atoms with E-state index in [9.17, 15) is 27.5 Å². The number of anilines is 1. The average molecular weight is 685 g/mol. The van der Waals surface area contributed by atoms with Crippen molar-refractivity contribution in [3.63, 3.8) is 0 Å². The van der Waals surface area contributed by atoms with E-state index in [4.69, 9.17) is 4.74 Å². The molecule has 2 saturated heterocycles. The molecule has 2 amide bonds. The van der Waals surface area contributed by atoms with E-state index in [0.717, 1.165) is 4.90 Å². The molecule has 5 rings (SSSR count). The van der Waals surface area contributed by atoms with Crippen LogP contribution in [0.2, 0.25) is 0 Å². The monoisotopic (exact) mass is 684 g/mol. The Morgan fingerprint density at radius 1 is 1.02 bits per heavy atom. The first-order valence-electron chi connectivity index (χ1n) is 16.2. The Hall–Kier alpha value is -3.91. The van der Waals surface area contributed by atoms with Crippen molar-refractivity contribution in [1.29, 1.82) is 0 Å². The standard InChI is InChI=1S/C35H42F2N4O6S/c1-23-21-38-22-27(41(23)48(45,46)28-7-4-3-5-8-28)15-16-29-30(37)9-6-10-31(29)39-34(42)33(40(2)35(43)44)32(25-17-19-47-20-18-25)24-11-13-26(36)14-12-24/h3-14,23,25,27,32-33,38H,15-22H2,1-2H3,(H,39,42)(H,43,44)/t23-,27-,32-,33-/m0/s1. The number of ether oxygens (including phenoxy) is 1. The summed E-state index contributed by atoms with van der Waals surface area (Å²) in [6, 6.07) is 16.1. The number of hydrogen-bond donors (Lipinski definition) is 3. The summed E-state index contributed by atoms with van der Waals surface area (Å²) in [5.41, 5.74) is 0.958. The fourth-order valence-corrected chi connectivity index (χ4v) is 8.86. The van der Waals surface area contributed by atoms with E-state index in [1.807, 2.05) is 6.92 Å². The second-order valence-electron chi connectivity index (χ2n) is 12.5. The molecule has 0 spiro atoms. The number of halogens is 2. The number of nitrogens with zero attached hydrogens (tertiary/aromatic N) is 2. The molecule has 0 unspecified atom stereocenters. The maximum absolute atomic E-state index is 15.5. The van der Waals surface area contributed by atoms with E-state index in [0.29, 0.717) is 44.7 Å². The number of nitrogens with one attached hydrogen (secondary N) is 2. The predicted molar refractivity (Wildman–Crippen MR) is 177 cm³/mol. The molecule has 3 aromatic carbocycles. The highest BCUT2D eigenvalue weighted by Gasteiger charge is 2.41. The van der Waals surface area contributed by atoms with E-state index in [-0.39, 0.29) is 40.9 Å². The minimum atomic E-state index is -3.85. The average Bonchev–Trinajstić information content (AvgIpc) is 3.07. The minimum Gasteiger partial charge on any atom is -0.465 e. The van der Waals surface area contributed by atoms with Gasteiger partial charge in [0.1, 0.15) is 17.7 Å². The molecule has 2 fully saturated rings. The molecule has 0 saturated carbocycles. The van der Waals surface area contributed by atoms with Crippen LogP contribution in [0.25, 0.3) is 0 Å². The van der Waals surface area contributed by atoms with Crippen LogP contribution in [0.1, 0.15) is 43.2 Å². The Bertz CT molecular complexity index is 1670.